The lowest BCUT2D eigenvalue weighted by Crippen LogP contribution is -2.50. The van der Waals surface area contributed by atoms with Crippen LogP contribution in [0.1, 0.15) is 31.2 Å². The first kappa shape index (κ1) is 31.3. The molecule has 0 amide bonds. The molecule has 1 N–H and O–H groups in total. The number of hydrogen-bond donors (Lipinski definition) is 1. The lowest BCUT2D eigenvalue weighted by atomic mass is 9.95. The third-order valence-electron chi connectivity index (χ3n) is 9.89. The number of anilines is 1. The molecule has 254 valence electrons. The molecule has 9 rings (SSSR count). The van der Waals surface area contributed by atoms with Crippen molar-refractivity contribution in [2.24, 2.45) is 0 Å². The number of alkyl halides is 2. The average Bonchev–Trinajstić information content (AvgIpc) is 3.72. The van der Waals surface area contributed by atoms with Crippen molar-refractivity contribution >= 4 is 45.4 Å². The maximum atomic E-state index is 17.0. The summed E-state index contributed by atoms with van der Waals surface area (Å²) in [7, 11) is 0. The number of nitrogens with one attached hydrogen (secondary N) is 1. The molecule has 4 aromatic rings. The van der Waals surface area contributed by atoms with E-state index >= 15 is 4.39 Å². The summed E-state index contributed by atoms with van der Waals surface area (Å²) in [5.74, 6) is -0.550. The lowest BCUT2D eigenvalue weighted by molar-refractivity contribution is -0.0779. The number of halogens is 4. The predicted molar refractivity (Wildman–Crippen MR) is 168 cm³/mol. The smallest absolute Gasteiger partial charge is 0.461 e. The van der Waals surface area contributed by atoms with Gasteiger partial charge in [-0.05, 0) is 43.9 Å². The van der Waals surface area contributed by atoms with Gasteiger partial charge in [-0.25, -0.2) is 18.0 Å². The second-order valence-electron chi connectivity index (χ2n) is 13.0. The third-order valence-corrected chi connectivity index (χ3v) is 10.2. The number of rotatable bonds is 4. The molecule has 0 unspecified atom stereocenters. The number of ether oxygens (including phenoxy) is 4. The quantitative estimate of drug-likeness (QED) is 0.293. The summed E-state index contributed by atoms with van der Waals surface area (Å²) in [6.07, 6.45) is 3.60. The maximum Gasteiger partial charge on any atom is 0.509 e. The number of carbonyl (C=O) groups excluding carboxylic acids is 1. The summed E-state index contributed by atoms with van der Waals surface area (Å²) >= 11 is 6.74. The standard InChI is InChI=1S/C32H33ClF3N7O5/c33-22-9-23-20(12-38-41-23)24-19(22)3-1-7-46-30(44)48-32(14-34)15-42(6-8-45-17-32)28-21-11-37-27(24)25(36)26(21)39-29(40-28)47-16-31-4-2-5-43(31)13-18(35)10-31/h9,11-12,18H,1-8,10,13-17H2,(H,38,41)/t18-,31+,32-/m1/s1. The van der Waals surface area contributed by atoms with E-state index < -0.39 is 36.0 Å². The molecular weight excluding hydrogens is 655 g/mol. The Hall–Kier alpha value is -3.95. The minimum atomic E-state index is -1.74. The number of pyridine rings is 1. The summed E-state index contributed by atoms with van der Waals surface area (Å²) < 4.78 is 69.2. The summed E-state index contributed by atoms with van der Waals surface area (Å²) in [5.41, 5.74) is -0.769. The highest BCUT2D eigenvalue weighted by atomic mass is 35.5. The van der Waals surface area contributed by atoms with Gasteiger partial charge in [-0.3, -0.25) is 15.0 Å². The van der Waals surface area contributed by atoms with Gasteiger partial charge in [0.1, 0.15) is 36.5 Å². The number of benzene rings is 1. The van der Waals surface area contributed by atoms with Crippen molar-refractivity contribution in [1.82, 2.24) is 30.0 Å². The third kappa shape index (κ3) is 5.35. The second kappa shape index (κ2) is 12.2. The van der Waals surface area contributed by atoms with Gasteiger partial charge in [-0.2, -0.15) is 15.1 Å². The Morgan fingerprint density at radius 3 is 2.94 bits per heavy atom. The van der Waals surface area contributed by atoms with Crippen LogP contribution in [0.2, 0.25) is 5.02 Å². The van der Waals surface area contributed by atoms with E-state index in [0.29, 0.717) is 46.4 Å². The largest absolute Gasteiger partial charge is 0.509 e. The Bertz CT molecular complexity index is 1900. The first-order chi connectivity index (χ1) is 23.3. The van der Waals surface area contributed by atoms with Gasteiger partial charge in [-0.1, -0.05) is 11.6 Å². The lowest BCUT2D eigenvalue weighted by Gasteiger charge is -2.33. The Balaban J connectivity index is 1.31. The molecule has 6 bridgehead atoms. The van der Waals surface area contributed by atoms with Gasteiger partial charge in [0.05, 0.1) is 49.0 Å². The average molecular weight is 688 g/mol. The number of carbonyl (C=O) groups is 1. The van der Waals surface area contributed by atoms with Crippen LogP contribution in [0.15, 0.2) is 18.5 Å². The summed E-state index contributed by atoms with van der Waals surface area (Å²) in [6, 6.07) is 1.57. The number of H-pyrrole nitrogens is 1. The monoisotopic (exact) mass is 687 g/mol. The molecule has 16 heteroatoms. The zero-order valence-electron chi connectivity index (χ0n) is 25.9. The van der Waals surface area contributed by atoms with E-state index in [-0.39, 0.29) is 74.4 Å². The first-order valence-electron chi connectivity index (χ1n) is 16.1. The van der Waals surface area contributed by atoms with Crippen LogP contribution in [0.4, 0.5) is 23.8 Å². The van der Waals surface area contributed by atoms with Crippen molar-refractivity contribution in [3.05, 3.63) is 34.9 Å². The van der Waals surface area contributed by atoms with Crippen LogP contribution in [-0.2, 0) is 20.6 Å². The highest BCUT2D eigenvalue weighted by molar-refractivity contribution is 6.33. The highest BCUT2D eigenvalue weighted by Crippen LogP contribution is 2.42. The van der Waals surface area contributed by atoms with Crippen molar-refractivity contribution in [3.63, 3.8) is 0 Å². The zero-order chi connectivity index (χ0) is 33.0. The van der Waals surface area contributed by atoms with Crippen LogP contribution in [0.5, 0.6) is 6.01 Å². The number of aromatic amines is 1. The summed E-state index contributed by atoms with van der Waals surface area (Å²) in [6.45, 7) is -0.00235. The Morgan fingerprint density at radius 1 is 1.17 bits per heavy atom. The normalized spacial score (nSPS) is 26.5. The molecule has 5 aliphatic heterocycles. The molecule has 1 aromatic carbocycles. The van der Waals surface area contributed by atoms with Crippen LogP contribution < -0.4 is 9.64 Å². The maximum absolute atomic E-state index is 17.0. The van der Waals surface area contributed by atoms with E-state index in [0.717, 1.165) is 19.4 Å². The van der Waals surface area contributed by atoms with Gasteiger partial charge < -0.3 is 23.8 Å². The molecule has 3 atom stereocenters. The van der Waals surface area contributed by atoms with E-state index in [9.17, 15) is 13.6 Å². The van der Waals surface area contributed by atoms with Crippen molar-refractivity contribution < 1.29 is 36.9 Å². The van der Waals surface area contributed by atoms with Gasteiger partial charge in [0, 0.05) is 41.7 Å². The van der Waals surface area contributed by atoms with Crippen LogP contribution in [0.3, 0.4) is 0 Å². The molecule has 12 nitrogen and oxygen atoms in total. The van der Waals surface area contributed by atoms with Gasteiger partial charge in [0.2, 0.25) is 0 Å². The van der Waals surface area contributed by atoms with Crippen molar-refractivity contribution in [1.29, 1.82) is 0 Å². The predicted octanol–water partition coefficient (Wildman–Crippen LogP) is 4.96. The fourth-order valence-corrected chi connectivity index (χ4v) is 7.93. The zero-order valence-corrected chi connectivity index (χ0v) is 26.7. The van der Waals surface area contributed by atoms with Gasteiger partial charge >= 0.3 is 12.2 Å². The van der Waals surface area contributed by atoms with Gasteiger partial charge in [0.25, 0.3) is 0 Å². The number of nitrogens with zero attached hydrogens (tertiary/aromatic N) is 6. The fourth-order valence-electron chi connectivity index (χ4n) is 7.63. The minimum absolute atomic E-state index is 0.0108. The summed E-state index contributed by atoms with van der Waals surface area (Å²) in [4.78, 5) is 30.4. The Morgan fingerprint density at radius 2 is 2.06 bits per heavy atom. The molecule has 0 spiro atoms. The minimum Gasteiger partial charge on any atom is -0.461 e. The molecule has 3 fully saturated rings. The van der Waals surface area contributed by atoms with E-state index in [1.165, 1.54) is 6.20 Å². The van der Waals surface area contributed by atoms with Crippen LogP contribution in [-0.4, -0.2) is 113 Å². The highest BCUT2D eigenvalue weighted by Gasteiger charge is 2.49. The fraction of sp³-hybridized carbons (Fsp3) is 0.531. The van der Waals surface area contributed by atoms with Gasteiger partial charge in [0.15, 0.2) is 11.4 Å². The molecule has 3 aromatic heterocycles. The van der Waals surface area contributed by atoms with Crippen LogP contribution in [0, 0.1) is 5.82 Å². The second-order valence-corrected chi connectivity index (χ2v) is 13.4. The van der Waals surface area contributed by atoms with E-state index in [1.54, 1.807) is 17.2 Å². The van der Waals surface area contributed by atoms with Crippen LogP contribution in [0.25, 0.3) is 33.1 Å². The molecule has 0 radical (unpaired) electrons. The first-order valence-corrected chi connectivity index (χ1v) is 16.4. The van der Waals surface area contributed by atoms with E-state index in [4.69, 9.17) is 30.5 Å². The molecule has 48 heavy (non-hydrogen) atoms. The summed E-state index contributed by atoms with van der Waals surface area (Å²) in [5, 5.41) is 8.19. The molecule has 0 saturated carbocycles. The Labute approximate surface area is 277 Å². The number of fused-ring (bicyclic) bond motifs is 8. The molecule has 0 aliphatic carbocycles. The number of aromatic nitrogens is 5. The molecule has 8 heterocycles. The van der Waals surface area contributed by atoms with Crippen molar-refractivity contribution in [3.8, 4) is 17.3 Å². The molecular formula is C32H33ClF3N7O5. The van der Waals surface area contributed by atoms with E-state index in [2.05, 4.69) is 30.0 Å². The van der Waals surface area contributed by atoms with Crippen molar-refractivity contribution in [2.75, 3.05) is 64.2 Å². The van der Waals surface area contributed by atoms with Crippen molar-refractivity contribution in [2.45, 2.75) is 49.4 Å². The molecule has 5 aliphatic rings. The van der Waals surface area contributed by atoms with Gasteiger partial charge in [-0.15, -0.1) is 0 Å². The van der Waals surface area contributed by atoms with E-state index in [1.807, 2.05) is 0 Å². The SMILES string of the molecule is O=C1OCCCc2c(Cl)cc3[nH]ncc3c2-c2ncc3c(nc(OC[C@@]45CCCN4C[C@H](F)C5)nc3c2F)N2CCOC[C@@](CF)(C2)O1. The Kier molecular flexibility index (Phi) is 7.95. The van der Waals surface area contributed by atoms with Crippen LogP contribution >= 0.6 is 11.6 Å². The number of hydrogen-bond acceptors (Lipinski definition) is 11. The molecule has 3 saturated heterocycles. The topological polar surface area (TPSA) is 128 Å².